The summed E-state index contributed by atoms with van der Waals surface area (Å²) in [6, 6.07) is 0. The van der Waals surface area contributed by atoms with Crippen LogP contribution in [0.15, 0.2) is 17.3 Å². The van der Waals surface area contributed by atoms with E-state index in [-0.39, 0.29) is 5.78 Å². The minimum Gasteiger partial charge on any atom is -0.292 e. The van der Waals surface area contributed by atoms with Gasteiger partial charge in [-0.15, -0.1) is 0 Å². The van der Waals surface area contributed by atoms with E-state index in [1.54, 1.807) is 0 Å². The molecule has 0 aromatic carbocycles. The number of rotatable bonds is 0. The van der Waals surface area contributed by atoms with Gasteiger partial charge in [-0.25, -0.2) is 0 Å². The first-order chi connectivity index (χ1) is 3.70. The van der Waals surface area contributed by atoms with Gasteiger partial charge in [0.25, 0.3) is 0 Å². The van der Waals surface area contributed by atoms with E-state index < -0.39 is 0 Å². The third-order valence-corrected chi connectivity index (χ3v) is 1.06. The second-order valence-corrected chi connectivity index (χ2v) is 1.89. The molecule has 0 N–H and O–H groups in total. The van der Waals surface area contributed by atoms with E-state index in [4.69, 9.17) is 0 Å². The summed E-state index contributed by atoms with van der Waals surface area (Å²) in [6.07, 6.45) is 0.471. The molecule has 8 heavy (non-hydrogen) atoms. The highest BCUT2D eigenvalue weighted by atomic mass is 16.1. The van der Waals surface area contributed by atoms with Crippen LogP contribution in [0.2, 0.25) is 0 Å². The van der Waals surface area contributed by atoms with E-state index >= 15 is 0 Å². The Morgan fingerprint density at radius 1 is 1.75 bits per heavy atom. The second-order valence-electron chi connectivity index (χ2n) is 1.89. The molecule has 0 saturated heterocycles. The molecule has 0 radical (unpaired) electrons. The number of nitrogens with zero attached hydrogens (tertiary/aromatic N) is 1. The highest BCUT2D eigenvalue weighted by Gasteiger charge is 2.14. The quantitative estimate of drug-likeness (QED) is 0.425. The molecule has 2 heteroatoms. The van der Waals surface area contributed by atoms with Gasteiger partial charge in [0.2, 0.25) is 0 Å². The highest BCUT2D eigenvalue weighted by molar-refractivity contribution is 6.14. The van der Waals surface area contributed by atoms with Crippen LogP contribution >= 0.6 is 0 Å². The first-order valence-electron chi connectivity index (χ1n) is 2.46. The van der Waals surface area contributed by atoms with E-state index in [2.05, 4.69) is 11.6 Å². The maximum Gasteiger partial charge on any atom is 0.186 e. The molecule has 2 nitrogen and oxygen atoms in total. The fraction of sp³-hybridized carbons (Fsp3) is 0.333. The SMILES string of the molecule is C=C1N=C(C)CC1=O. The largest absolute Gasteiger partial charge is 0.292 e. The first kappa shape index (κ1) is 5.22. The predicted octanol–water partition coefficient (Wildman–Crippen LogP) is 0.934. The van der Waals surface area contributed by atoms with Gasteiger partial charge >= 0.3 is 0 Å². The van der Waals surface area contributed by atoms with Crippen molar-refractivity contribution in [2.45, 2.75) is 13.3 Å². The topological polar surface area (TPSA) is 29.4 Å². The first-order valence-corrected chi connectivity index (χ1v) is 2.46. The van der Waals surface area contributed by atoms with Crippen LogP contribution in [0.25, 0.3) is 0 Å². The Hall–Kier alpha value is -0.920. The summed E-state index contributed by atoms with van der Waals surface area (Å²) in [5, 5.41) is 0. The number of allylic oxidation sites excluding steroid dienone is 1. The molecule has 0 aromatic heterocycles. The number of Topliss-reactive ketones (excluding diaryl/α,β-unsaturated/α-hetero) is 1. The molecule has 0 fully saturated rings. The Bertz CT molecular complexity index is 179. The molecular weight excluding hydrogens is 102 g/mol. The third kappa shape index (κ3) is 0.689. The Kier molecular flexibility index (Phi) is 1.01. The normalized spacial score (nSPS) is 19.4. The molecule has 0 amide bonds. The molecule has 42 valence electrons. The molecule has 0 unspecified atom stereocenters. The predicted molar refractivity (Wildman–Crippen MR) is 31.9 cm³/mol. The number of ketones is 1. The standard InChI is InChI=1S/C6H7NO/c1-4-3-6(8)5(2)7-4/h2-3H2,1H3. The maximum atomic E-state index is 10.6. The Labute approximate surface area is 47.9 Å². The van der Waals surface area contributed by atoms with Crippen molar-refractivity contribution >= 4 is 11.5 Å². The summed E-state index contributed by atoms with van der Waals surface area (Å²) < 4.78 is 0. The average Bonchev–Trinajstić information content (AvgIpc) is 1.85. The molecule has 0 saturated carbocycles. The van der Waals surface area contributed by atoms with E-state index in [1.165, 1.54) is 0 Å². The lowest BCUT2D eigenvalue weighted by Crippen LogP contribution is -1.93. The monoisotopic (exact) mass is 109 g/mol. The summed E-state index contributed by atoms with van der Waals surface area (Å²) in [6.45, 7) is 5.28. The van der Waals surface area contributed by atoms with Gasteiger partial charge in [-0.3, -0.25) is 9.79 Å². The van der Waals surface area contributed by atoms with Crippen LogP contribution in [0.5, 0.6) is 0 Å². The summed E-state index contributed by atoms with van der Waals surface area (Å²) in [4.78, 5) is 14.4. The Morgan fingerprint density at radius 2 is 2.38 bits per heavy atom. The van der Waals surface area contributed by atoms with Crippen molar-refractivity contribution in [1.29, 1.82) is 0 Å². The lowest BCUT2D eigenvalue weighted by atomic mass is 10.2. The van der Waals surface area contributed by atoms with Crippen molar-refractivity contribution in [3.05, 3.63) is 12.3 Å². The van der Waals surface area contributed by atoms with Crippen LogP contribution in [-0.2, 0) is 4.79 Å². The Balaban J connectivity index is 2.85. The zero-order chi connectivity index (χ0) is 6.15. The van der Waals surface area contributed by atoms with Crippen LogP contribution in [-0.4, -0.2) is 11.5 Å². The van der Waals surface area contributed by atoms with Crippen LogP contribution < -0.4 is 0 Å². The van der Waals surface area contributed by atoms with Crippen molar-refractivity contribution in [3.8, 4) is 0 Å². The van der Waals surface area contributed by atoms with E-state index in [1.807, 2.05) is 6.92 Å². The minimum atomic E-state index is 0.0579. The summed E-state index contributed by atoms with van der Waals surface area (Å²) >= 11 is 0. The van der Waals surface area contributed by atoms with Crippen molar-refractivity contribution in [2.24, 2.45) is 4.99 Å². The fourth-order valence-corrected chi connectivity index (χ4v) is 0.667. The van der Waals surface area contributed by atoms with E-state index in [0.717, 1.165) is 5.71 Å². The third-order valence-electron chi connectivity index (χ3n) is 1.06. The average molecular weight is 109 g/mol. The van der Waals surface area contributed by atoms with Gasteiger partial charge in [0.05, 0.1) is 12.1 Å². The van der Waals surface area contributed by atoms with Crippen LogP contribution in [0, 0.1) is 0 Å². The number of carbonyl (C=O) groups is 1. The van der Waals surface area contributed by atoms with Gasteiger partial charge < -0.3 is 0 Å². The number of hydrogen-bond acceptors (Lipinski definition) is 2. The molecule has 0 atom stereocenters. The molecule has 1 aliphatic heterocycles. The van der Waals surface area contributed by atoms with Crippen LogP contribution in [0.4, 0.5) is 0 Å². The molecule has 0 spiro atoms. The highest BCUT2D eigenvalue weighted by Crippen LogP contribution is 2.09. The van der Waals surface area contributed by atoms with E-state index in [9.17, 15) is 4.79 Å². The zero-order valence-electron chi connectivity index (χ0n) is 4.77. The lowest BCUT2D eigenvalue weighted by Gasteiger charge is -1.78. The van der Waals surface area contributed by atoms with Gasteiger partial charge in [-0.05, 0) is 6.92 Å². The Morgan fingerprint density at radius 3 is 2.50 bits per heavy atom. The minimum absolute atomic E-state index is 0.0579. The molecule has 0 aliphatic carbocycles. The fourth-order valence-electron chi connectivity index (χ4n) is 0.667. The van der Waals surface area contributed by atoms with Gasteiger partial charge in [0.15, 0.2) is 5.78 Å². The summed E-state index contributed by atoms with van der Waals surface area (Å²) in [5.74, 6) is 0.0579. The smallest absolute Gasteiger partial charge is 0.186 e. The zero-order valence-corrected chi connectivity index (χ0v) is 4.77. The number of aliphatic imine (C=N–C) groups is 1. The van der Waals surface area contributed by atoms with Crippen molar-refractivity contribution in [3.63, 3.8) is 0 Å². The van der Waals surface area contributed by atoms with Crippen LogP contribution in [0.3, 0.4) is 0 Å². The number of hydrogen-bond donors (Lipinski definition) is 0. The molecule has 1 heterocycles. The lowest BCUT2D eigenvalue weighted by molar-refractivity contribution is -0.114. The van der Waals surface area contributed by atoms with Crippen molar-refractivity contribution in [1.82, 2.24) is 0 Å². The molecule has 0 bridgehead atoms. The van der Waals surface area contributed by atoms with E-state index in [0.29, 0.717) is 12.1 Å². The van der Waals surface area contributed by atoms with Gasteiger partial charge in [-0.2, -0.15) is 0 Å². The van der Waals surface area contributed by atoms with Crippen LogP contribution in [0.1, 0.15) is 13.3 Å². The van der Waals surface area contributed by atoms with Gasteiger partial charge in [0, 0.05) is 5.71 Å². The molecule has 1 rings (SSSR count). The van der Waals surface area contributed by atoms with Gasteiger partial charge in [-0.1, -0.05) is 6.58 Å². The number of carbonyl (C=O) groups excluding carboxylic acids is 1. The second kappa shape index (κ2) is 1.54. The molecule has 1 aliphatic rings. The molecular formula is C6H7NO. The van der Waals surface area contributed by atoms with Crippen molar-refractivity contribution < 1.29 is 4.79 Å². The maximum absolute atomic E-state index is 10.6. The molecule has 0 aromatic rings. The summed E-state index contributed by atoms with van der Waals surface area (Å²) in [5.41, 5.74) is 1.28. The van der Waals surface area contributed by atoms with Crippen molar-refractivity contribution in [2.75, 3.05) is 0 Å². The van der Waals surface area contributed by atoms with Gasteiger partial charge in [0.1, 0.15) is 0 Å². The summed E-state index contributed by atoms with van der Waals surface area (Å²) in [7, 11) is 0.